The van der Waals surface area contributed by atoms with Crippen molar-refractivity contribution in [2.24, 2.45) is 0 Å². The first-order chi connectivity index (χ1) is 24.4. The molecule has 0 saturated heterocycles. The molecule has 0 heterocycles. The first-order valence-corrected chi connectivity index (χ1v) is 17.6. The minimum absolute atomic E-state index is 0.118. The monoisotopic (exact) mass is 641 g/mol. The lowest BCUT2D eigenvalue weighted by Crippen LogP contribution is -2.17. The van der Waals surface area contributed by atoms with Gasteiger partial charge in [-0.05, 0) is 99.3 Å². The molecule has 0 fully saturated rings. The molecule has 0 bridgehead atoms. The Bertz CT molecular complexity index is 2610. The SMILES string of the molecule is Cc1cccc(-c2ccc(N(c3ccc4c(c3)C(C)(C)c3ccccc3-4)c3cc4ccccc4c4ccccc34)c(-c3cccc(C)c3)c2)c1. The standard InChI is InChI=1S/C49H39N/c1-32-13-11-16-34(27-32)35-23-26-47(44(29-35)36-17-12-14-33(2)28-36)50(48-30-37-15-5-6-18-39(37)40-19-7-8-21-43(40)48)38-24-25-42-41-20-9-10-22-45(41)49(3,4)46(42)31-38/h5-31H,1-4H3. The average molecular weight is 642 g/mol. The fourth-order valence-corrected chi connectivity index (χ4v) is 8.24. The van der Waals surface area contributed by atoms with Gasteiger partial charge in [-0.3, -0.25) is 0 Å². The predicted molar refractivity (Wildman–Crippen MR) is 214 cm³/mol. The Labute approximate surface area is 295 Å². The van der Waals surface area contributed by atoms with Crippen LogP contribution >= 0.6 is 0 Å². The van der Waals surface area contributed by atoms with Crippen molar-refractivity contribution in [2.45, 2.75) is 33.1 Å². The molecule has 0 atom stereocenters. The van der Waals surface area contributed by atoms with E-state index in [0.29, 0.717) is 0 Å². The number of benzene rings is 8. The van der Waals surface area contributed by atoms with Crippen LogP contribution in [0.15, 0.2) is 164 Å². The van der Waals surface area contributed by atoms with Crippen LogP contribution in [-0.2, 0) is 5.41 Å². The van der Waals surface area contributed by atoms with Gasteiger partial charge in [0.15, 0.2) is 0 Å². The molecule has 8 aromatic carbocycles. The zero-order valence-corrected chi connectivity index (χ0v) is 29.0. The van der Waals surface area contributed by atoms with Crippen molar-refractivity contribution in [1.82, 2.24) is 0 Å². The molecule has 0 unspecified atom stereocenters. The van der Waals surface area contributed by atoms with E-state index in [4.69, 9.17) is 0 Å². The second-order valence-corrected chi connectivity index (χ2v) is 14.4. The summed E-state index contributed by atoms with van der Waals surface area (Å²) in [6.07, 6.45) is 0. The minimum Gasteiger partial charge on any atom is -0.309 e. The van der Waals surface area contributed by atoms with Crippen LogP contribution in [0.1, 0.15) is 36.1 Å². The van der Waals surface area contributed by atoms with E-state index in [1.165, 1.54) is 82.9 Å². The molecule has 1 nitrogen and oxygen atoms in total. The van der Waals surface area contributed by atoms with E-state index < -0.39 is 0 Å². The van der Waals surface area contributed by atoms with Crippen LogP contribution in [0.2, 0.25) is 0 Å². The molecule has 50 heavy (non-hydrogen) atoms. The second-order valence-electron chi connectivity index (χ2n) is 14.4. The van der Waals surface area contributed by atoms with Gasteiger partial charge in [0.1, 0.15) is 0 Å². The van der Waals surface area contributed by atoms with Gasteiger partial charge in [-0.15, -0.1) is 0 Å². The second kappa shape index (κ2) is 11.6. The van der Waals surface area contributed by atoms with Crippen LogP contribution in [0, 0.1) is 13.8 Å². The van der Waals surface area contributed by atoms with Gasteiger partial charge in [0.25, 0.3) is 0 Å². The summed E-state index contributed by atoms with van der Waals surface area (Å²) in [6, 6.07) is 60.9. The summed E-state index contributed by atoms with van der Waals surface area (Å²) in [5.74, 6) is 0. The van der Waals surface area contributed by atoms with Crippen molar-refractivity contribution in [3.63, 3.8) is 0 Å². The zero-order valence-electron chi connectivity index (χ0n) is 29.0. The lowest BCUT2D eigenvalue weighted by Gasteiger charge is -2.31. The van der Waals surface area contributed by atoms with E-state index in [1.807, 2.05) is 0 Å². The van der Waals surface area contributed by atoms with Gasteiger partial charge in [-0.2, -0.15) is 0 Å². The van der Waals surface area contributed by atoms with Crippen molar-refractivity contribution in [1.29, 1.82) is 0 Å². The molecule has 0 radical (unpaired) electrons. The Hall–Kier alpha value is -5.92. The highest BCUT2D eigenvalue weighted by Gasteiger charge is 2.36. The molecule has 0 saturated carbocycles. The predicted octanol–water partition coefficient (Wildman–Crippen LogP) is 13.7. The minimum atomic E-state index is -0.118. The normalized spacial score (nSPS) is 13.0. The number of hydrogen-bond donors (Lipinski definition) is 0. The van der Waals surface area contributed by atoms with Crippen LogP contribution in [-0.4, -0.2) is 0 Å². The van der Waals surface area contributed by atoms with E-state index in [0.717, 1.165) is 11.4 Å². The molecule has 1 aliphatic rings. The zero-order chi connectivity index (χ0) is 34.0. The first-order valence-electron chi connectivity index (χ1n) is 17.6. The quantitative estimate of drug-likeness (QED) is 0.169. The maximum atomic E-state index is 2.52. The van der Waals surface area contributed by atoms with Crippen molar-refractivity contribution >= 4 is 38.6 Å². The van der Waals surface area contributed by atoms with Gasteiger partial charge < -0.3 is 4.90 Å². The van der Waals surface area contributed by atoms with E-state index in [2.05, 4.69) is 196 Å². The van der Waals surface area contributed by atoms with Gasteiger partial charge >= 0.3 is 0 Å². The molecule has 0 aliphatic heterocycles. The summed E-state index contributed by atoms with van der Waals surface area (Å²) >= 11 is 0. The topological polar surface area (TPSA) is 3.24 Å². The molecule has 0 amide bonds. The molecule has 1 heteroatoms. The lowest BCUT2D eigenvalue weighted by molar-refractivity contribution is 0.660. The van der Waals surface area contributed by atoms with E-state index in [9.17, 15) is 0 Å². The first kappa shape index (κ1) is 30.2. The Morgan fingerprint density at radius 3 is 1.84 bits per heavy atom. The summed E-state index contributed by atoms with van der Waals surface area (Å²) in [7, 11) is 0. The smallest absolute Gasteiger partial charge is 0.0546 e. The number of fused-ring (bicyclic) bond motifs is 6. The molecule has 0 spiro atoms. The summed E-state index contributed by atoms with van der Waals surface area (Å²) in [5, 5.41) is 4.99. The molecule has 1 aliphatic carbocycles. The fourth-order valence-electron chi connectivity index (χ4n) is 8.24. The maximum absolute atomic E-state index is 2.52. The molecule has 9 rings (SSSR count). The van der Waals surface area contributed by atoms with Crippen molar-refractivity contribution in [3.05, 3.63) is 186 Å². The van der Waals surface area contributed by atoms with Gasteiger partial charge in [-0.1, -0.05) is 158 Å². The van der Waals surface area contributed by atoms with Gasteiger partial charge in [-0.25, -0.2) is 0 Å². The summed E-state index contributed by atoms with van der Waals surface area (Å²) in [6.45, 7) is 9.08. The highest BCUT2D eigenvalue weighted by molar-refractivity contribution is 6.15. The van der Waals surface area contributed by atoms with Crippen LogP contribution < -0.4 is 4.90 Å². The number of hydrogen-bond acceptors (Lipinski definition) is 1. The summed E-state index contributed by atoms with van der Waals surface area (Å²) in [4.78, 5) is 2.52. The van der Waals surface area contributed by atoms with E-state index in [-0.39, 0.29) is 5.41 Å². The third-order valence-electron chi connectivity index (χ3n) is 10.7. The fraction of sp³-hybridized carbons (Fsp3) is 0.102. The molecule has 8 aromatic rings. The summed E-state index contributed by atoms with van der Waals surface area (Å²) in [5.41, 5.74) is 16.1. The van der Waals surface area contributed by atoms with E-state index in [1.54, 1.807) is 0 Å². The highest BCUT2D eigenvalue weighted by Crippen LogP contribution is 2.52. The van der Waals surface area contributed by atoms with Crippen LogP contribution in [0.5, 0.6) is 0 Å². The molecule has 0 aromatic heterocycles. The highest BCUT2D eigenvalue weighted by atomic mass is 15.1. The summed E-state index contributed by atoms with van der Waals surface area (Å²) < 4.78 is 0. The Morgan fingerprint density at radius 1 is 0.400 bits per heavy atom. The van der Waals surface area contributed by atoms with Gasteiger partial charge in [0.2, 0.25) is 0 Å². The van der Waals surface area contributed by atoms with Crippen molar-refractivity contribution in [2.75, 3.05) is 4.90 Å². The maximum Gasteiger partial charge on any atom is 0.0546 e. The average Bonchev–Trinajstić information content (AvgIpc) is 3.37. The number of anilines is 3. The number of aryl methyl sites for hydroxylation is 2. The molecular weight excluding hydrogens is 603 g/mol. The molecular formula is C49H39N. The van der Waals surface area contributed by atoms with Crippen LogP contribution in [0.4, 0.5) is 17.1 Å². The molecule has 0 N–H and O–H groups in total. The van der Waals surface area contributed by atoms with Crippen molar-refractivity contribution < 1.29 is 0 Å². The Kier molecular flexibility index (Phi) is 7.00. The lowest BCUT2D eigenvalue weighted by atomic mass is 9.82. The Morgan fingerprint density at radius 2 is 1.04 bits per heavy atom. The van der Waals surface area contributed by atoms with Gasteiger partial charge in [0.05, 0.1) is 11.4 Å². The third kappa shape index (κ3) is 4.84. The Balaban J connectivity index is 1.37. The number of nitrogens with zero attached hydrogens (tertiary/aromatic N) is 1. The van der Waals surface area contributed by atoms with E-state index >= 15 is 0 Å². The van der Waals surface area contributed by atoms with Crippen molar-refractivity contribution in [3.8, 4) is 33.4 Å². The van der Waals surface area contributed by atoms with Crippen LogP contribution in [0.3, 0.4) is 0 Å². The largest absolute Gasteiger partial charge is 0.309 e. The van der Waals surface area contributed by atoms with Crippen LogP contribution in [0.25, 0.3) is 54.9 Å². The van der Waals surface area contributed by atoms with Gasteiger partial charge in [0, 0.05) is 22.1 Å². The molecule has 240 valence electrons. The number of rotatable bonds is 5. The third-order valence-corrected chi connectivity index (χ3v) is 10.7.